The summed E-state index contributed by atoms with van der Waals surface area (Å²) in [7, 11) is 0. The van der Waals surface area contributed by atoms with Crippen molar-refractivity contribution in [1.82, 2.24) is 4.73 Å². The van der Waals surface area contributed by atoms with Crippen molar-refractivity contribution in [3.63, 3.8) is 0 Å². The van der Waals surface area contributed by atoms with Crippen LogP contribution < -0.4 is 10.4 Å². The van der Waals surface area contributed by atoms with E-state index in [-0.39, 0.29) is 5.56 Å². The van der Waals surface area contributed by atoms with E-state index in [0.717, 1.165) is 30.2 Å². The number of para-hydroxylation sites is 1. The molecule has 0 spiro atoms. The van der Waals surface area contributed by atoms with E-state index in [2.05, 4.69) is 6.92 Å². The highest BCUT2D eigenvalue weighted by atomic mass is 16.7. The lowest BCUT2D eigenvalue weighted by molar-refractivity contribution is 0.109. The molecule has 1 heterocycles. The molecule has 3 nitrogen and oxygen atoms in total. The third-order valence-electron chi connectivity index (χ3n) is 2.73. The fraction of sp³-hybridized carbons (Fsp3) is 0.357. The summed E-state index contributed by atoms with van der Waals surface area (Å²) in [5, 5.41) is 1.02. The van der Waals surface area contributed by atoms with Gasteiger partial charge in [0, 0.05) is 11.5 Å². The van der Waals surface area contributed by atoms with E-state index in [1.165, 1.54) is 4.73 Å². The van der Waals surface area contributed by atoms with Crippen LogP contribution in [0.5, 0.6) is 0 Å². The van der Waals surface area contributed by atoms with Gasteiger partial charge in [0.2, 0.25) is 0 Å². The number of benzene rings is 1. The molecule has 90 valence electrons. The highest BCUT2D eigenvalue weighted by Gasteiger charge is 2.02. The Morgan fingerprint density at radius 2 is 1.94 bits per heavy atom. The maximum Gasteiger partial charge on any atom is 0.283 e. The molecule has 0 radical (unpaired) electrons. The standard InChI is InChI=1S/C14H17NO2/c1-2-3-6-11-17-15-13-8-5-4-7-12(13)9-10-14(15)16/h4-5,7-10H,2-3,6,11H2,1H3. The van der Waals surface area contributed by atoms with E-state index >= 15 is 0 Å². The second-order valence-corrected chi connectivity index (χ2v) is 4.07. The molecule has 2 rings (SSSR count). The van der Waals surface area contributed by atoms with Gasteiger partial charge in [0.1, 0.15) is 6.61 Å². The van der Waals surface area contributed by atoms with Gasteiger partial charge in [0.25, 0.3) is 5.56 Å². The SMILES string of the molecule is CCCCCOn1c(=O)ccc2ccccc21. The molecule has 0 fully saturated rings. The van der Waals surface area contributed by atoms with Gasteiger partial charge >= 0.3 is 0 Å². The molecule has 17 heavy (non-hydrogen) atoms. The number of nitrogens with zero attached hydrogens (tertiary/aromatic N) is 1. The van der Waals surface area contributed by atoms with Crippen LogP contribution in [0.15, 0.2) is 41.2 Å². The number of hydrogen-bond acceptors (Lipinski definition) is 2. The Labute approximate surface area is 101 Å². The van der Waals surface area contributed by atoms with Gasteiger partial charge in [0.15, 0.2) is 0 Å². The van der Waals surface area contributed by atoms with Crippen LogP contribution in [0.1, 0.15) is 26.2 Å². The summed E-state index contributed by atoms with van der Waals surface area (Å²) in [4.78, 5) is 17.3. The molecule has 1 aromatic carbocycles. The topological polar surface area (TPSA) is 31.2 Å². The zero-order chi connectivity index (χ0) is 12.1. The van der Waals surface area contributed by atoms with Crippen molar-refractivity contribution in [2.45, 2.75) is 26.2 Å². The van der Waals surface area contributed by atoms with Crippen LogP contribution in [0, 0.1) is 0 Å². The Kier molecular flexibility index (Phi) is 3.81. The first-order chi connectivity index (χ1) is 8.33. The molecule has 0 unspecified atom stereocenters. The quantitative estimate of drug-likeness (QED) is 0.741. The second kappa shape index (κ2) is 5.53. The van der Waals surface area contributed by atoms with Gasteiger partial charge in [-0.05, 0) is 18.6 Å². The Hall–Kier alpha value is -1.77. The van der Waals surface area contributed by atoms with E-state index in [4.69, 9.17) is 4.84 Å². The van der Waals surface area contributed by atoms with Gasteiger partial charge in [-0.3, -0.25) is 4.79 Å². The van der Waals surface area contributed by atoms with Crippen molar-refractivity contribution in [1.29, 1.82) is 0 Å². The first kappa shape index (κ1) is 11.7. The number of pyridine rings is 1. The molecule has 0 amide bonds. The third kappa shape index (κ3) is 2.67. The van der Waals surface area contributed by atoms with Crippen molar-refractivity contribution >= 4 is 10.9 Å². The van der Waals surface area contributed by atoms with E-state index < -0.39 is 0 Å². The van der Waals surface area contributed by atoms with Gasteiger partial charge in [0.05, 0.1) is 5.52 Å². The Morgan fingerprint density at radius 1 is 1.12 bits per heavy atom. The molecule has 0 aliphatic rings. The Bertz CT molecular complexity index is 545. The van der Waals surface area contributed by atoms with Crippen LogP contribution in [0.2, 0.25) is 0 Å². The molecular formula is C14H17NO2. The number of fused-ring (bicyclic) bond motifs is 1. The first-order valence-electron chi connectivity index (χ1n) is 6.07. The number of hydrogen-bond donors (Lipinski definition) is 0. The monoisotopic (exact) mass is 231 g/mol. The normalized spacial score (nSPS) is 10.6. The van der Waals surface area contributed by atoms with Gasteiger partial charge in [-0.25, -0.2) is 0 Å². The molecule has 0 saturated carbocycles. The van der Waals surface area contributed by atoms with Gasteiger partial charge in [-0.1, -0.05) is 38.0 Å². The number of rotatable bonds is 5. The van der Waals surface area contributed by atoms with Gasteiger partial charge in [-0.15, -0.1) is 4.73 Å². The minimum Gasteiger partial charge on any atom is -0.410 e. The van der Waals surface area contributed by atoms with Crippen LogP contribution in [0.3, 0.4) is 0 Å². The van der Waals surface area contributed by atoms with Crippen LogP contribution in [-0.2, 0) is 0 Å². The zero-order valence-corrected chi connectivity index (χ0v) is 10.1. The number of aromatic nitrogens is 1. The van der Waals surface area contributed by atoms with Gasteiger partial charge < -0.3 is 4.84 Å². The maximum absolute atomic E-state index is 11.7. The van der Waals surface area contributed by atoms with E-state index in [0.29, 0.717) is 6.61 Å². The first-order valence-corrected chi connectivity index (χ1v) is 6.07. The minimum atomic E-state index is -0.111. The Morgan fingerprint density at radius 3 is 2.76 bits per heavy atom. The summed E-state index contributed by atoms with van der Waals surface area (Å²) in [5.41, 5.74) is 0.719. The summed E-state index contributed by atoms with van der Waals surface area (Å²) in [6.07, 6.45) is 3.25. The molecule has 0 aliphatic carbocycles. The number of unbranched alkanes of at least 4 members (excludes halogenated alkanes) is 2. The van der Waals surface area contributed by atoms with Crippen LogP contribution in [-0.4, -0.2) is 11.3 Å². The molecule has 3 heteroatoms. The van der Waals surface area contributed by atoms with Crippen molar-refractivity contribution < 1.29 is 4.84 Å². The fourth-order valence-electron chi connectivity index (χ4n) is 1.80. The van der Waals surface area contributed by atoms with E-state index in [9.17, 15) is 4.79 Å². The van der Waals surface area contributed by atoms with Crippen molar-refractivity contribution in [3.8, 4) is 0 Å². The second-order valence-electron chi connectivity index (χ2n) is 4.07. The predicted molar refractivity (Wildman–Crippen MR) is 69.2 cm³/mol. The van der Waals surface area contributed by atoms with E-state index in [1.54, 1.807) is 6.07 Å². The summed E-state index contributed by atoms with van der Waals surface area (Å²) >= 11 is 0. The summed E-state index contributed by atoms with van der Waals surface area (Å²) in [6.45, 7) is 2.73. The molecule has 0 aliphatic heterocycles. The van der Waals surface area contributed by atoms with Crippen molar-refractivity contribution in [2.75, 3.05) is 6.61 Å². The predicted octanol–water partition coefficient (Wildman–Crippen LogP) is 2.62. The molecule has 2 aromatic rings. The average Bonchev–Trinajstić information content (AvgIpc) is 2.37. The van der Waals surface area contributed by atoms with Crippen molar-refractivity contribution in [3.05, 3.63) is 46.8 Å². The lowest BCUT2D eigenvalue weighted by Gasteiger charge is -2.10. The molecule has 0 saturated heterocycles. The molecule has 1 aromatic heterocycles. The largest absolute Gasteiger partial charge is 0.410 e. The Balaban J connectivity index is 2.25. The highest BCUT2D eigenvalue weighted by molar-refractivity contribution is 5.78. The molecule has 0 atom stereocenters. The summed E-state index contributed by atoms with van der Waals surface area (Å²) in [6, 6.07) is 11.1. The fourth-order valence-corrected chi connectivity index (χ4v) is 1.80. The third-order valence-corrected chi connectivity index (χ3v) is 2.73. The lowest BCUT2D eigenvalue weighted by atomic mass is 10.2. The highest BCUT2D eigenvalue weighted by Crippen LogP contribution is 2.09. The minimum absolute atomic E-state index is 0.111. The lowest BCUT2D eigenvalue weighted by Crippen LogP contribution is -2.27. The summed E-state index contributed by atoms with van der Waals surface area (Å²) < 4.78 is 1.39. The van der Waals surface area contributed by atoms with Crippen LogP contribution in [0.25, 0.3) is 10.9 Å². The molecule has 0 N–H and O–H groups in total. The molecule has 0 bridgehead atoms. The summed E-state index contributed by atoms with van der Waals surface area (Å²) in [5.74, 6) is 0. The molecular weight excluding hydrogens is 214 g/mol. The van der Waals surface area contributed by atoms with Crippen molar-refractivity contribution in [2.24, 2.45) is 0 Å². The smallest absolute Gasteiger partial charge is 0.283 e. The maximum atomic E-state index is 11.7. The zero-order valence-electron chi connectivity index (χ0n) is 10.1. The van der Waals surface area contributed by atoms with Gasteiger partial charge in [-0.2, -0.15) is 0 Å². The van der Waals surface area contributed by atoms with E-state index in [1.807, 2.05) is 30.3 Å². The van der Waals surface area contributed by atoms with Crippen LogP contribution >= 0.6 is 0 Å². The van der Waals surface area contributed by atoms with Crippen LogP contribution in [0.4, 0.5) is 0 Å². The average molecular weight is 231 g/mol.